The minimum absolute atomic E-state index is 0.0933. The molecule has 144 valence electrons. The molecule has 1 aromatic rings. The van der Waals surface area contributed by atoms with Crippen molar-refractivity contribution in [3.8, 4) is 0 Å². The second kappa shape index (κ2) is 7.56. The van der Waals surface area contributed by atoms with E-state index in [1.165, 1.54) is 12.1 Å². The van der Waals surface area contributed by atoms with E-state index in [0.717, 1.165) is 38.5 Å². The summed E-state index contributed by atoms with van der Waals surface area (Å²) >= 11 is 0. The molecule has 1 aromatic carbocycles. The third kappa shape index (κ3) is 4.57. The molecule has 0 aromatic heterocycles. The maximum absolute atomic E-state index is 12.9. The highest BCUT2D eigenvalue weighted by molar-refractivity contribution is 5.77. The highest BCUT2D eigenvalue weighted by Crippen LogP contribution is 2.32. The van der Waals surface area contributed by atoms with Crippen LogP contribution in [0.25, 0.3) is 0 Å². The fourth-order valence-corrected chi connectivity index (χ4v) is 4.01. The number of piperidine rings is 1. The average molecular weight is 369 g/mol. The number of benzene rings is 1. The number of halogens is 3. The summed E-state index contributed by atoms with van der Waals surface area (Å²) in [4.78, 5) is 18.1. The van der Waals surface area contributed by atoms with Crippen LogP contribution in [-0.2, 0) is 17.5 Å². The first-order valence-electron chi connectivity index (χ1n) is 9.05. The Labute approximate surface area is 152 Å². The minimum Gasteiger partial charge on any atom is -0.348 e. The van der Waals surface area contributed by atoms with Gasteiger partial charge in [-0.05, 0) is 30.4 Å². The van der Waals surface area contributed by atoms with Gasteiger partial charge in [-0.3, -0.25) is 14.6 Å². The number of amides is 1. The molecule has 2 unspecified atom stereocenters. The monoisotopic (exact) mass is 369 g/mol. The van der Waals surface area contributed by atoms with E-state index in [1.54, 1.807) is 25.1 Å². The molecule has 4 nitrogen and oxygen atoms in total. The van der Waals surface area contributed by atoms with Gasteiger partial charge in [-0.2, -0.15) is 13.2 Å². The van der Waals surface area contributed by atoms with Gasteiger partial charge in [-0.25, -0.2) is 0 Å². The number of carbonyl (C=O) groups excluding carboxylic acids is 1. The molecule has 0 spiro atoms. The number of nitrogens with zero attached hydrogens (tertiary/aromatic N) is 3. The second-order valence-electron chi connectivity index (χ2n) is 7.71. The molecule has 7 heteroatoms. The average Bonchev–Trinajstić information content (AvgIpc) is 2.84. The van der Waals surface area contributed by atoms with Crippen LogP contribution in [0.1, 0.15) is 24.0 Å². The van der Waals surface area contributed by atoms with Crippen LogP contribution in [0.2, 0.25) is 0 Å². The summed E-state index contributed by atoms with van der Waals surface area (Å²) in [7, 11) is 3.52. The van der Waals surface area contributed by atoms with Crippen molar-refractivity contribution in [2.45, 2.75) is 31.6 Å². The van der Waals surface area contributed by atoms with Gasteiger partial charge in [0.05, 0.1) is 12.1 Å². The topological polar surface area (TPSA) is 26.8 Å². The van der Waals surface area contributed by atoms with Crippen molar-refractivity contribution in [1.82, 2.24) is 14.7 Å². The van der Waals surface area contributed by atoms with E-state index in [-0.39, 0.29) is 5.91 Å². The molecular weight excluding hydrogens is 343 g/mol. The van der Waals surface area contributed by atoms with Gasteiger partial charge in [0.15, 0.2) is 0 Å². The van der Waals surface area contributed by atoms with Crippen molar-refractivity contribution in [2.24, 2.45) is 5.92 Å². The predicted octanol–water partition coefficient (Wildman–Crippen LogP) is 2.69. The SMILES string of the molecule is CN(C)C(=O)CN1CC2CCC(C1)N(Cc1cccc(C(F)(F)F)c1)C2. The van der Waals surface area contributed by atoms with Crippen molar-refractivity contribution < 1.29 is 18.0 Å². The van der Waals surface area contributed by atoms with Crippen LogP contribution in [0.3, 0.4) is 0 Å². The van der Waals surface area contributed by atoms with Gasteiger partial charge in [-0.15, -0.1) is 0 Å². The molecule has 2 bridgehead atoms. The number of rotatable bonds is 4. The summed E-state index contributed by atoms with van der Waals surface area (Å²) in [6.45, 7) is 3.51. The molecule has 3 aliphatic rings. The molecule has 3 saturated heterocycles. The third-order valence-corrected chi connectivity index (χ3v) is 5.40. The molecule has 4 rings (SSSR count). The first kappa shape index (κ1) is 19.2. The first-order chi connectivity index (χ1) is 12.2. The van der Waals surface area contributed by atoms with Crippen molar-refractivity contribution in [2.75, 3.05) is 40.3 Å². The zero-order chi connectivity index (χ0) is 18.9. The van der Waals surface area contributed by atoms with Gasteiger partial charge < -0.3 is 4.90 Å². The molecule has 0 radical (unpaired) electrons. The number of alkyl halides is 3. The summed E-state index contributed by atoms with van der Waals surface area (Å²) in [5.41, 5.74) is 0.108. The maximum atomic E-state index is 12.9. The molecule has 2 atom stereocenters. The zero-order valence-corrected chi connectivity index (χ0v) is 15.3. The van der Waals surface area contributed by atoms with Crippen LogP contribution in [-0.4, -0.2) is 66.9 Å². The highest BCUT2D eigenvalue weighted by Gasteiger charge is 2.36. The summed E-state index contributed by atoms with van der Waals surface area (Å²) < 4.78 is 38.8. The smallest absolute Gasteiger partial charge is 0.348 e. The predicted molar refractivity (Wildman–Crippen MR) is 93.5 cm³/mol. The van der Waals surface area contributed by atoms with Crippen LogP contribution in [0, 0.1) is 5.92 Å². The second-order valence-corrected chi connectivity index (χ2v) is 7.71. The van der Waals surface area contributed by atoms with Crippen LogP contribution >= 0.6 is 0 Å². The Hall–Kier alpha value is -1.60. The van der Waals surface area contributed by atoms with E-state index in [9.17, 15) is 18.0 Å². The highest BCUT2D eigenvalue weighted by atomic mass is 19.4. The lowest BCUT2D eigenvalue weighted by Gasteiger charge is -2.36. The molecule has 3 heterocycles. The molecular formula is C19H26F3N3O. The van der Waals surface area contributed by atoms with Gasteiger partial charge in [0.1, 0.15) is 0 Å². The Balaban J connectivity index is 1.68. The summed E-state index contributed by atoms with van der Waals surface area (Å²) in [6, 6.07) is 5.91. The van der Waals surface area contributed by atoms with Crippen molar-refractivity contribution in [1.29, 1.82) is 0 Å². The van der Waals surface area contributed by atoms with E-state index in [4.69, 9.17) is 0 Å². The molecule has 1 amide bonds. The largest absolute Gasteiger partial charge is 0.416 e. The Morgan fingerprint density at radius 2 is 1.96 bits per heavy atom. The Morgan fingerprint density at radius 1 is 1.19 bits per heavy atom. The number of carbonyl (C=O) groups is 1. The first-order valence-corrected chi connectivity index (χ1v) is 9.05. The maximum Gasteiger partial charge on any atom is 0.416 e. The lowest BCUT2D eigenvalue weighted by atomic mass is 9.94. The molecule has 3 aliphatic heterocycles. The van der Waals surface area contributed by atoms with Crippen molar-refractivity contribution in [3.05, 3.63) is 35.4 Å². The Morgan fingerprint density at radius 3 is 2.65 bits per heavy atom. The molecule has 26 heavy (non-hydrogen) atoms. The zero-order valence-electron chi connectivity index (χ0n) is 15.3. The van der Waals surface area contributed by atoms with E-state index in [2.05, 4.69) is 9.80 Å². The van der Waals surface area contributed by atoms with Gasteiger partial charge >= 0.3 is 6.18 Å². The lowest BCUT2D eigenvalue weighted by Crippen LogP contribution is -2.44. The van der Waals surface area contributed by atoms with Crippen LogP contribution < -0.4 is 0 Å². The van der Waals surface area contributed by atoms with Gasteiger partial charge in [0.2, 0.25) is 5.91 Å². The summed E-state index contributed by atoms with van der Waals surface area (Å²) in [5, 5.41) is 0. The number of hydrogen-bond acceptors (Lipinski definition) is 3. The lowest BCUT2D eigenvalue weighted by molar-refractivity contribution is -0.137. The fraction of sp³-hybridized carbons (Fsp3) is 0.632. The number of hydrogen-bond donors (Lipinski definition) is 0. The third-order valence-electron chi connectivity index (χ3n) is 5.40. The number of fused-ring (bicyclic) bond motifs is 4. The van der Waals surface area contributed by atoms with Gasteiger partial charge in [0, 0.05) is 46.3 Å². The van der Waals surface area contributed by atoms with E-state index >= 15 is 0 Å². The van der Waals surface area contributed by atoms with Crippen LogP contribution in [0.4, 0.5) is 13.2 Å². The molecule has 0 saturated carbocycles. The number of likely N-dealkylation sites (N-methyl/N-ethyl adjacent to an activating group) is 1. The quantitative estimate of drug-likeness (QED) is 0.817. The fourth-order valence-electron chi connectivity index (χ4n) is 4.01. The van der Waals surface area contributed by atoms with Crippen molar-refractivity contribution >= 4 is 5.91 Å². The van der Waals surface area contributed by atoms with Crippen LogP contribution in [0.15, 0.2) is 24.3 Å². The Kier molecular flexibility index (Phi) is 5.58. The molecule has 0 N–H and O–H groups in total. The van der Waals surface area contributed by atoms with Gasteiger partial charge in [0.25, 0.3) is 0 Å². The van der Waals surface area contributed by atoms with Crippen LogP contribution in [0.5, 0.6) is 0 Å². The normalized spacial score (nSPS) is 24.5. The standard InChI is InChI=1S/C19H26F3N3O/c1-23(2)18(26)13-24-9-15-6-7-17(12-24)25(11-15)10-14-4-3-5-16(8-14)19(20,21)22/h3-5,8,15,17H,6-7,9-13H2,1-2H3. The summed E-state index contributed by atoms with van der Waals surface area (Å²) in [6.07, 6.45) is -2.15. The van der Waals surface area contributed by atoms with E-state index in [1.807, 2.05) is 0 Å². The minimum atomic E-state index is -4.31. The summed E-state index contributed by atoms with van der Waals surface area (Å²) in [5.74, 6) is 0.560. The van der Waals surface area contributed by atoms with Gasteiger partial charge in [-0.1, -0.05) is 18.2 Å². The van der Waals surface area contributed by atoms with E-state index in [0.29, 0.717) is 30.6 Å². The van der Waals surface area contributed by atoms with Crippen molar-refractivity contribution in [3.63, 3.8) is 0 Å². The molecule has 0 aliphatic carbocycles. The molecule has 3 fully saturated rings. The van der Waals surface area contributed by atoms with E-state index < -0.39 is 11.7 Å². The Bertz CT molecular complexity index is 647.